The van der Waals surface area contributed by atoms with Crippen molar-refractivity contribution in [2.24, 2.45) is 0 Å². The first-order valence-corrected chi connectivity index (χ1v) is 12.4. The number of aliphatic hydroxyl groups excluding tert-OH is 1. The first kappa shape index (κ1) is 26.7. The standard InChI is InChI=1S/C29H25N3O8/c33-17-22-16-32(31-30-22)26-25(40-29(36)21-14-8-3-9-15-21)24(39-28(35)20-12-6-2-7-13-20)23(18-37-26)38-27(34)19-10-4-1-5-11-19/h1-16,23-26,33H,17-18H2/t23-,24-,25-,26-/m1/s1. The minimum absolute atomic E-state index is 0.219. The van der Waals surface area contributed by atoms with E-state index in [2.05, 4.69) is 10.3 Å². The zero-order valence-corrected chi connectivity index (χ0v) is 21.1. The number of benzene rings is 3. The molecule has 1 N–H and O–H groups in total. The maximum atomic E-state index is 13.2. The molecule has 4 aromatic rings. The SMILES string of the molecule is O=C(O[C@@H]1[C@H](OC(=O)c2ccccc2)[C@H](OC(=O)c2ccccc2)CO[C@H]1n1cc(CO)nn1)c1ccccc1. The largest absolute Gasteiger partial charge is 0.452 e. The molecule has 0 bridgehead atoms. The van der Waals surface area contributed by atoms with E-state index in [9.17, 15) is 19.5 Å². The van der Waals surface area contributed by atoms with Crippen LogP contribution in [0.4, 0.5) is 0 Å². The fourth-order valence-electron chi connectivity index (χ4n) is 4.17. The summed E-state index contributed by atoms with van der Waals surface area (Å²) in [5.41, 5.74) is 1.01. The lowest BCUT2D eigenvalue weighted by atomic mass is 10.0. The first-order valence-electron chi connectivity index (χ1n) is 12.4. The van der Waals surface area contributed by atoms with Crippen molar-refractivity contribution >= 4 is 17.9 Å². The van der Waals surface area contributed by atoms with E-state index in [1.165, 1.54) is 10.9 Å². The second-order valence-electron chi connectivity index (χ2n) is 8.85. The van der Waals surface area contributed by atoms with E-state index in [1.54, 1.807) is 91.0 Å². The van der Waals surface area contributed by atoms with Crippen LogP contribution in [0.2, 0.25) is 0 Å². The van der Waals surface area contributed by atoms with Gasteiger partial charge in [-0.3, -0.25) is 0 Å². The van der Waals surface area contributed by atoms with Gasteiger partial charge in [0.1, 0.15) is 5.69 Å². The summed E-state index contributed by atoms with van der Waals surface area (Å²) in [5, 5.41) is 17.3. The van der Waals surface area contributed by atoms with Crippen molar-refractivity contribution < 1.29 is 38.4 Å². The van der Waals surface area contributed by atoms with Crippen LogP contribution in [0.25, 0.3) is 0 Å². The molecule has 11 nitrogen and oxygen atoms in total. The normalized spacial score (nSPS) is 20.3. The van der Waals surface area contributed by atoms with Gasteiger partial charge in [-0.1, -0.05) is 59.8 Å². The maximum absolute atomic E-state index is 13.2. The third-order valence-electron chi connectivity index (χ3n) is 6.16. The molecule has 4 atom stereocenters. The van der Waals surface area contributed by atoms with Crippen LogP contribution >= 0.6 is 0 Å². The fraction of sp³-hybridized carbons (Fsp3) is 0.207. The van der Waals surface area contributed by atoms with Crippen LogP contribution in [0.3, 0.4) is 0 Å². The minimum atomic E-state index is -1.32. The van der Waals surface area contributed by atoms with Crippen molar-refractivity contribution in [2.45, 2.75) is 31.1 Å². The van der Waals surface area contributed by atoms with Crippen LogP contribution in [0.1, 0.15) is 43.0 Å². The topological polar surface area (TPSA) is 139 Å². The number of hydrogen-bond acceptors (Lipinski definition) is 10. The van der Waals surface area contributed by atoms with E-state index < -0.39 is 42.4 Å². The van der Waals surface area contributed by atoms with Crippen molar-refractivity contribution in [1.29, 1.82) is 0 Å². The molecule has 0 saturated carbocycles. The van der Waals surface area contributed by atoms with Gasteiger partial charge in [-0.05, 0) is 36.4 Å². The number of ether oxygens (including phenoxy) is 4. The predicted molar refractivity (Wildman–Crippen MR) is 138 cm³/mol. The van der Waals surface area contributed by atoms with Gasteiger partial charge >= 0.3 is 17.9 Å². The second-order valence-corrected chi connectivity index (χ2v) is 8.85. The van der Waals surface area contributed by atoms with E-state index in [-0.39, 0.29) is 35.6 Å². The van der Waals surface area contributed by atoms with E-state index in [1.807, 2.05) is 0 Å². The summed E-state index contributed by atoms with van der Waals surface area (Å²) in [4.78, 5) is 39.4. The Hall–Kier alpha value is -4.87. The zero-order chi connectivity index (χ0) is 27.9. The predicted octanol–water partition coefficient (Wildman–Crippen LogP) is 2.98. The van der Waals surface area contributed by atoms with Crippen LogP contribution in [-0.4, -0.2) is 62.9 Å². The number of nitrogens with zero attached hydrogens (tertiary/aromatic N) is 3. The Kier molecular flexibility index (Phi) is 8.24. The Balaban J connectivity index is 1.51. The smallest absolute Gasteiger partial charge is 0.338 e. The Labute approximate surface area is 228 Å². The molecule has 0 radical (unpaired) electrons. The molecule has 1 aromatic heterocycles. The number of hydrogen-bond donors (Lipinski definition) is 1. The van der Waals surface area contributed by atoms with E-state index in [0.717, 1.165) is 0 Å². The third-order valence-corrected chi connectivity index (χ3v) is 6.16. The number of carbonyl (C=O) groups excluding carboxylic acids is 3. The van der Waals surface area contributed by atoms with Crippen molar-refractivity contribution in [3.8, 4) is 0 Å². The Morgan fingerprint density at radius 1 is 0.750 bits per heavy atom. The molecule has 5 rings (SSSR count). The van der Waals surface area contributed by atoms with Gasteiger partial charge in [-0.15, -0.1) is 5.10 Å². The number of aliphatic hydroxyl groups is 1. The molecule has 3 aromatic carbocycles. The molecule has 0 aliphatic carbocycles. The van der Waals surface area contributed by atoms with Gasteiger partial charge in [-0.2, -0.15) is 0 Å². The average molecular weight is 544 g/mol. The molecular formula is C29H25N3O8. The van der Waals surface area contributed by atoms with Gasteiger partial charge in [0.25, 0.3) is 0 Å². The fourth-order valence-corrected chi connectivity index (χ4v) is 4.17. The highest BCUT2D eigenvalue weighted by atomic mass is 16.6. The molecule has 1 saturated heterocycles. The zero-order valence-electron chi connectivity index (χ0n) is 21.1. The van der Waals surface area contributed by atoms with Gasteiger partial charge in [0.15, 0.2) is 24.5 Å². The Morgan fingerprint density at radius 2 is 1.23 bits per heavy atom. The summed E-state index contributed by atoms with van der Waals surface area (Å²) in [5.74, 6) is -2.12. The van der Waals surface area contributed by atoms with Crippen LogP contribution < -0.4 is 0 Å². The molecule has 204 valence electrons. The lowest BCUT2D eigenvalue weighted by Gasteiger charge is -2.40. The summed E-state index contributed by atoms with van der Waals surface area (Å²) in [6.45, 7) is -0.603. The average Bonchev–Trinajstić information content (AvgIpc) is 3.49. The molecule has 11 heteroatoms. The van der Waals surface area contributed by atoms with E-state index >= 15 is 0 Å². The number of carbonyl (C=O) groups is 3. The summed E-state index contributed by atoms with van der Waals surface area (Å²) in [6.07, 6.45) is -3.48. The molecule has 0 unspecified atom stereocenters. The summed E-state index contributed by atoms with van der Waals surface area (Å²) in [7, 11) is 0. The quantitative estimate of drug-likeness (QED) is 0.261. The van der Waals surface area contributed by atoms with Gasteiger partial charge in [0.05, 0.1) is 36.1 Å². The molecule has 2 heterocycles. The van der Waals surface area contributed by atoms with Gasteiger partial charge < -0.3 is 24.1 Å². The molecule has 1 aliphatic rings. The molecule has 1 aliphatic heterocycles. The number of esters is 3. The minimum Gasteiger partial charge on any atom is -0.452 e. The molecule has 0 spiro atoms. The molecule has 1 fully saturated rings. The van der Waals surface area contributed by atoms with Gasteiger partial charge in [-0.25, -0.2) is 19.1 Å². The number of aromatic nitrogens is 3. The summed E-state index contributed by atoms with van der Waals surface area (Å²) >= 11 is 0. The molecule has 0 amide bonds. The highest BCUT2D eigenvalue weighted by Gasteiger charge is 2.49. The van der Waals surface area contributed by atoms with Crippen LogP contribution in [0.15, 0.2) is 97.2 Å². The van der Waals surface area contributed by atoms with Crippen molar-refractivity contribution in [2.75, 3.05) is 6.61 Å². The van der Waals surface area contributed by atoms with Crippen LogP contribution in [-0.2, 0) is 25.6 Å². The van der Waals surface area contributed by atoms with Crippen molar-refractivity contribution in [1.82, 2.24) is 15.0 Å². The Bertz CT molecular complexity index is 1450. The monoisotopic (exact) mass is 543 g/mol. The Morgan fingerprint density at radius 3 is 1.70 bits per heavy atom. The van der Waals surface area contributed by atoms with Crippen LogP contribution in [0.5, 0.6) is 0 Å². The van der Waals surface area contributed by atoms with E-state index in [0.29, 0.717) is 0 Å². The lowest BCUT2D eigenvalue weighted by Crippen LogP contribution is -2.56. The van der Waals surface area contributed by atoms with Gasteiger partial charge in [0.2, 0.25) is 0 Å². The maximum Gasteiger partial charge on any atom is 0.338 e. The van der Waals surface area contributed by atoms with E-state index in [4.69, 9.17) is 18.9 Å². The number of rotatable bonds is 8. The third kappa shape index (κ3) is 6.06. The van der Waals surface area contributed by atoms with Crippen molar-refractivity contribution in [3.63, 3.8) is 0 Å². The summed E-state index contributed by atoms with van der Waals surface area (Å²) in [6, 6.07) is 24.8. The molecular weight excluding hydrogens is 518 g/mol. The highest BCUT2D eigenvalue weighted by molar-refractivity contribution is 5.91. The molecule has 40 heavy (non-hydrogen) atoms. The summed E-state index contributed by atoms with van der Waals surface area (Å²) < 4.78 is 24.7. The lowest BCUT2D eigenvalue weighted by molar-refractivity contribution is -0.215. The highest BCUT2D eigenvalue weighted by Crippen LogP contribution is 2.32. The van der Waals surface area contributed by atoms with Gasteiger partial charge in [0, 0.05) is 0 Å². The van der Waals surface area contributed by atoms with Crippen LogP contribution in [0, 0.1) is 0 Å². The second kappa shape index (κ2) is 12.3. The first-order chi connectivity index (χ1) is 19.5. The van der Waals surface area contributed by atoms with Crippen molar-refractivity contribution in [3.05, 3.63) is 120 Å².